The molecule has 5 heteroatoms. The van der Waals surface area contributed by atoms with E-state index < -0.39 is 0 Å². The van der Waals surface area contributed by atoms with Gasteiger partial charge in [0.1, 0.15) is 5.02 Å². The SMILES string of the molecule is Cc1cc(-c2onc(N)c2Cl)cs1. The Morgan fingerprint density at radius 1 is 1.62 bits per heavy atom. The van der Waals surface area contributed by atoms with Crippen LogP contribution in [0.5, 0.6) is 0 Å². The molecule has 0 aromatic carbocycles. The summed E-state index contributed by atoms with van der Waals surface area (Å²) in [5.74, 6) is 0.782. The molecule has 0 aliphatic carbocycles. The number of nitrogens with zero attached hydrogens (tertiary/aromatic N) is 1. The van der Waals surface area contributed by atoms with Crippen molar-refractivity contribution >= 4 is 28.8 Å². The van der Waals surface area contributed by atoms with Crippen molar-refractivity contribution in [1.29, 1.82) is 0 Å². The van der Waals surface area contributed by atoms with Gasteiger partial charge in [0, 0.05) is 15.8 Å². The molecule has 0 amide bonds. The number of hydrogen-bond donors (Lipinski definition) is 1. The molecule has 2 aromatic heterocycles. The van der Waals surface area contributed by atoms with E-state index in [0.29, 0.717) is 10.8 Å². The van der Waals surface area contributed by atoms with Gasteiger partial charge in [-0.25, -0.2) is 0 Å². The molecule has 0 atom stereocenters. The summed E-state index contributed by atoms with van der Waals surface area (Å²) in [7, 11) is 0. The lowest BCUT2D eigenvalue weighted by Crippen LogP contribution is -1.82. The highest BCUT2D eigenvalue weighted by Crippen LogP contribution is 2.34. The number of aromatic nitrogens is 1. The van der Waals surface area contributed by atoms with Crippen LogP contribution in [-0.2, 0) is 0 Å². The van der Waals surface area contributed by atoms with Crippen LogP contribution < -0.4 is 5.73 Å². The number of nitrogens with two attached hydrogens (primary N) is 1. The van der Waals surface area contributed by atoms with Gasteiger partial charge in [0.15, 0.2) is 11.6 Å². The molecule has 0 saturated carbocycles. The van der Waals surface area contributed by atoms with E-state index in [1.54, 1.807) is 11.3 Å². The van der Waals surface area contributed by atoms with E-state index in [-0.39, 0.29) is 5.82 Å². The smallest absolute Gasteiger partial charge is 0.188 e. The predicted molar refractivity (Wildman–Crippen MR) is 54.0 cm³/mol. The highest BCUT2D eigenvalue weighted by Gasteiger charge is 2.14. The Balaban J connectivity index is 2.52. The lowest BCUT2D eigenvalue weighted by molar-refractivity contribution is 0.436. The molecule has 68 valence electrons. The quantitative estimate of drug-likeness (QED) is 0.794. The highest BCUT2D eigenvalue weighted by atomic mass is 35.5. The van der Waals surface area contributed by atoms with Crippen LogP contribution in [0.1, 0.15) is 4.88 Å². The summed E-state index contributed by atoms with van der Waals surface area (Å²) in [6, 6.07) is 1.98. The second-order valence-corrected chi connectivity index (χ2v) is 4.15. The first-order chi connectivity index (χ1) is 6.18. The first-order valence-electron chi connectivity index (χ1n) is 3.64. The zero-order chi connectivity index (χ0) is 9.42. The van der Waals surface area contributed by atoms with Crippen molar-refractivity contribution in [2.24, 2.45) is 0 Å². The summed E-state index contributed by atoms with van der Waals surface area (Å²) in [6.07, 6.45) is 0. The van der Waals surface area contributed by atoms with Crippen molar-refractivity contribution in [3.63, 3.8) is 0 Å². The maximum atomic E-state index is 5.88. The zero-order valence-corrected chi connectivity index (χ0v) is 8.45. The minimum Gasteiger partial charge on any atom is -0.380 e. The van der Waals surface area contributed by atoms with Gasteiger partial charge in [-0.1, -0.05) is 16.8 Å². The number of nitrogen functional groups attached to an aromatic ring is 1. The fraction of sp³-hybridized carbons (Fsp3) is 0.125. The fourth-order valence-corrected chi connectivity index (χ4v) is 1.89. The Kier molecular flexibility index (Phi) is 2.01. The topological polar surface area (TPSA) is 52.0 Å². The normalized spacial score (nSPS) is 10.6. The summed E-state index contributed by atoms with van der Waals surface area (Å²) in [4.78, 5) is 1.20. The van der Waals surface area contributed by atoms with Gasteiger partial charge in [0.05, 0.1) is 0 Å². The molecule has 2 heterocycles. The van der Waals surface area contributed by atoms with Crippen LogP contribution in [0.4, 0.5) is 5.82 Å². The van der Waals surface area contributed by atoms with Gasteiger partial charge < -0.3 is 10.3 Å². The molecular weight excluding hydrogens is 208 g/mol. The standard InChI is InChI=1S/C8H7ClN2OS/c1-4-2-5(3-13-4)7-6(9)8(10)11-12-7/h2-3H,1H3,(H2,10,11). The second-order valence-electron chi connectivity index (χ2n) is 2.66. The maximum Gasteiger partial charge on any atom is 0.188 e. The zero-order valence-electron chi connectivity index (χ0n) is 6.87. The van der Waals surface area contributed by atoms with Crippen molar-refractivity contribution in [2.45, 2.75) is 6.92 Å². The van der Waals surface area contributed by atoms with Crippen LogP contribution in [0.25, 0.3) is 11.3 Å². The Hall–Kier alpha value is -1.000. The molecule has 0 radical (unpaired) electrons. The average Bonchev–Trinajstić information content (AvgIpc) is 2.62. The Labute approximate surface area is 84.1 Å². The number of rotatable bonds is 1. The monoisotopic (exact) mass is 214 g/mol. The van der Waals surface area contributed by atoms with Gasteiger partial charge in [-0.3, -0.25) is 0 Å². The number of aryl methyl sites for hydroxylation is 1. The summed E-state index contributed by atoms with van der Waals surface area (Å²) in [6.45, 7) is 2.02. The van der Waals surface area contributed by atoms with Crippen molar-refractivity contribution in [3.8, 4) is 11.3 Å². The van der Waals surface area contributed by atoms with Crippen LogP contribution in [0.2, 0.25) is 5.02 Å². The largest absolute Gasteiger partial charge is 0.380 e. The van der Waals surface area contributed by atoms with Gasteiger partial charge in [0.2, 0.25) is 0 Å². The van der Waals surface area contributed by atoms with Crippen LogP contribution >= 0.6 is 22.9 Å². The minimum absolute atomic E-state index is 0.237. The molecule has 13 heavy (non-hydrogen) atoms. The van der Waals surface area contributed by atoms with Crippen LogP contribution in [-0.4, -0.2) is 5.16 Å². The van der Waals surface area contributed by atoms with E-state index in [0.717, 1.165) is 5.56 Å². The first-order valence-corrected chi connectivity index (χ1v) is 4.90. The van der Waals surface area contributed by atoms with Gasteiger partial charge in [-0.05, 0) is 13.0 Å². The predicted octanol–water partition coefficient (Wildman–Crippen LogP) is 2.95. The second kappa shape index (κ2) is 3.05. The molecule has 0 aliphatic rings. The van der Waals surface area contributed by atoms with Crippen LogP contribution in [0.15, 0.2) is 16.0 Å². The van der Waals surface area contributed by atoms with Crippen LogP contribution in [0, 0.1) is 6.92 Å². The maximum absolute atomic E-state index is 5.88. The first kappa shape index (κ1) is 8.59. The third-order valence-electron chi connectivity index (χ3n) is 1.65. The summed E-state index contributed by atoms with van der Waals surface area (Å²) in [5, 5.41) is 5.92. The van der Waals surface area contributed by atoms with Crippen molar-refractivity contribution in [1.82, 2.24) is 5.16 Å². The Morgan fingerprint density at radius 2 is 2.38 bits per heavy atom. The molecular formula is C8H7ClN2OS. The molecule has 0 spiro atoms. The highest BCUT2D eigenvalue weighted by molar-refractivity contribution is 7.10. The molecule has 0 bridgehead atoms. The average molecular weight is 215 g/mol. The summed E-state index contributed by atoms with van der Waals surface area (Å²) < 4.78 is 4.99. The Morgan fingerprint density at radius 3 is 2.85 bits per heavy atom. The van der Waals surface area contributed by atoms with E-state index in [1.165, 1.54) is 4.88 Å². The fourth-order valence-electron chi connectivity index (χ4n) is 1.03. The van der Waals surface area contributed by atoms with E-state index in [2.05, 4.69) is 5.16 Å². The van der Waals surface area contributed by atoms with Gasteiger partial charge in [0.25, 0.3) is 0 Å². The van der Waals surface area contributed by atoms with E-state index in [1.807, 2.05) is 18.4 Å². The minimum atomic E-state index is 0.237. The molecule has 0 saturated heterocycles. The van der Waals surface area contributed by atoms with Crippen molar-refractivity contribution < 1.29 is 4.52 Å². The number of halogens is 1. The molecule has 2 N–H and O–H groups in total. The molecule has 3 nitrogen and oxygen atoms in total. The summed E-state index contributed by atoms with van der Waals surface area (Å²) >= 11 is 7.51. The van der Waals surface area contributed by atoms with Crippen molar-refractivity contribution in [2.75, 3.05) is 5.73 Å². The number of anilines is 1. The lowest BCUT2D eigenvalue weighted by atomic mass is 10.2. The van der Waals surface area contributed by atoms with E-state index in [9.17, 15) is 0 Å². The number of thiophene rings is 1. The summed E-state index contributed by atoms with van der Waals surface area (Å²) in [5.41, 5.74) is 6.38. The molecule has 0 aliphatic heterocycles. The van der Waals surface area contributed by atoms with Gasteiger partial charge in [-0.15, -0.1) is 11.3 Å². The van der Waals surface area contributed by atoms with E-state index >= 15 is 0 Å². The third kappa shape index (κ3) is 1.43. The molecule has 2 rings (SSSR count). The lowest BCUT2D eigenvalue weighted by Gasteiger charge is -1.88. The van der Waals surface area contributed by atoms with Gasteiger partial charge in [-0.2, -0.15) is 0 Å². The van der Waals surface area contributed by atoms with Crippen LogP contribution in [0.3, 0.4) is 0 Å². The number of hydrogen-bond acceptors (Lipinski definition) is 4. The Bertz CT molecular complexity index is 435. The molecule has 2 aromatic rings. The third-order valence-corrected chi connectivity index (χ3v) is 2.88. The van der Waals surface area contributed by atoms with E-state index in [4.69, 9.17) is 21.9 Å². The molecule has 0 unspecified atom stereocenters. The van der Waals surface area contributed by atoms with Gasteiger partial charge >= 0.3 is 0 Å². The molecule has 0 fully saturated rings. The van der Waals surface area contributed by atoms with Crippen molar-refractivity contribution in [3.05, 3.63) is 21.3 Å².